The van der Waals surface area contributed by atoms with Crippen LogP contribution in [0, 0.1) is 0 Å². The van der Waals surface area contributed by atoms with Crippen molar-refractivity contribution in [2.45, 2.75) is 32.2 Å². The first-order chi connectivity index (χ1) is 13.9. The highest BCUT2D eigenvalue weighted by atomic mass is 16.2. The normalized spacial score (nSPS) is 15.6. The molecule has 152 valence electrons. The molecule has 1 atom stereocenters. The summed E-state index contributed by atoms with van der Waals surface area (Å²) in [6.07, 6.45) is 3.21. The molecule has 1 saturated heterocycles. The van der Waals surface area contributed by atoms with Gasteiger partial charge in [0.15, 0.2) is 16.9 Å². The Labute approximate surface area is 168 Å². The molecule has 1 aliphatic heterocycles. The molecule has 4 rings (SSSR count). The van der Waals surface area contributed by atoms with Crippen LogP contribution < -0.4 is 16.1 Å². The van der Waals surface area contributed by atoms with Gasteiger partial charge in [-0.3, -0.25) is 23.3 Å². The second-order valence-electron chi connectivity index (χ2n) is 7.61. The monoisotopic (exact) mass is 395 g/mol. The van der Waals surface area contributed by atoms with Crippen molar-refractivity contribution in [2.24, 2.45) is 14.1 Å². The van der Waals surface area contributed by atoms with Crippen LogP contribution in [-0.2, 0) is 14.1 Å². The Bertz CT molecular complexity index is 1180. The largest absolute Gasteiger partial charge is 0.342 e. The van der Waals surface area contributed by atoms with Crippen molar-refractivity contribution in [3.05, 3.63) is 56.7 Å². The van der Waals surface area contributed by atoms with Crippen molar-refractivity contribution < 1.29 is 4.79 Å². The van der Waals surface area contributed by atoms with E-state index < -0.39 is 17.3 Å². The van der Waals surface area contributed by atoms with E-state index in [0.29, 0.717) is 17.2 Å². The molecule has 29 heavy (non-hydrogen) atoms. The van der Waals surface area contributed by atoms with E-state index in [4.69, 9.17) is 0 Å². The van der Waals surface area contributed by atoms with E-state index in [2.05, 4.69) is 9.88 Å². The van der Waals surface area contributed by atoms with Crippen molar-refractivity contribution in [2.75, 3.05) is 18.0 Å². The number of Topliss-reactive ketones (excluding diaryl/α,β-unsaturated/α-hetero) is 1. The van der Waals surface area contributed by atoms with Gasteiger partial charge in [-0.2, -0.15) is 4.98 Å². The van der Waals surface area contributed by atoms with E-state index in [0.717, 1.165) is 36.9 Å². The lowest BCUT2D eigenvalue weighted by Gasteiger charge is -2.29. The Morgan fingerprint density at radius 2 is 1.66 bits per heavy atom. The van der Waals surface area contributed by atoms with Gasteiger partial charge in [0.25, 0.3) is 5.56 Å². The lowest BCUT2D eigenvalue weighted by Crippen LogP contribution is -2.38. The number of nitrogens with zero attached hydrogens (tertiary/aromatic N) is 5. The van der Waals surface area contributed by atoms with E-state index in [1.54, 1.807) is 30.7 Å². The number of hydrogen-bond donors (Lipinski definition) is 0. The van der Waals surface area contributed by atoms with E-state index in [9.17, 15) is 14.4 Å². The summed E-state index contributed by atoms with van der Waals surface area (Å²) in [5, 5.41) is 0. The Hall–Kier alpha value is -3.16. The molecule has 0 aliphatic carbocycles. The number of hydrogen-bond acceptors (Lipinski definition) is 5. The molecule has 1 fully saturated rings. The minimum absolute atomic E-state index is 0.0981. The smallest absolute Gasteiger partial charge is 0.332 e. The predicted molar refractivity (Wildman–Crippen MR) is 112 cm³/mol. The third-order valence-electron chi connectivity index (χ3n) is 5.74. The third kappa shape index (κ3) is 3.08. The number of rotatable bonds is 4. The summed E-state index contributed by atoms with van der Waals surface area (Å²) in [5.74, 6) is 0.480. The van der Waals surface area contributed by atoms with Crippen LogP contribution in [-0.4, -0.2) is 37.6 Å². The Balaban J connectivity index is 1.98. The number of imidazole rings is 1. The highest BCUT2D eigenvalue weighted by Gasteiger charge is 2.29. The summed E-state index contributed by atoms with van der Waals surface area (Å²) < 4.78 is 4.17. The van der Waals surface area contributed by atoms with E-state index >= 15 is 0 Å². The van der Waals surface area contributed by atoms with Gasteiger partial charge < -0.3 is 4.90 Å². The van der Waals surface area contributed by atoms with Crippen LogP contribution in [0.25, 0.3) is 11.2 Å². The molecular weight excluding hydrogens is 370 g/mol. The standard InChI is InChI=1S/C21H25N5O3/c1-14(17(27)15-10-6-4-7-11-15)26-16-18(23(2)21(29)24(3)19(16)28)22-20(26)25-12-8-5-9-13-25/h4,6-7,10-11,14H,5,8-9,12-13H2,1-3H3. The van der Waals surface area contributed by atoms with Crippen LogP contribution in [0.1, 0.15) is 42.6 Å². The van der Waals surface area contributed by atoms with Crippen LogP contribution in [0.2, 0.25) is 0 Å². The molecule has 8 nitrogen and oxygen atoms in total. The molecule has 0 saturated carbocycles. The van der Waals surface area contributed by atoms with Crippen LogP contribution in [0.5, 0.6) is 0 Å². The fourth-order valence-electron chi connectivity index (χ4n) is 4.05. The van der Waals surface area contributed by atoms with Crippen molar-refractivity contribution in [1.29, 1.82) is 0 Å². The van der Waals surface area contributed by atoms with E-state index in [-0.39, 0.29) is 11.3 Å². The Kier molecular flexibility index (Phi) is 4.86. The summed E-state index contributed by atoms with van der Waals surface area (Å²) in [7, 11) is 3.05. The molecule has 3 aromatic rings. The SMILES string of the molecule is CC(C(=O)c1ccccc1)n1c(N2CCCCC2)nc2c1c(=O)n(C)c(=O)n2C. The first-order valence-electron chi connectivity index (χ1n) is 9.94. The van der Waals surface area contributed by atoms with Crippen LogP contribution in [0.4, 0.5) is 5.95 Å². The van der Waals surface area contributed by atoms with Gasteiger partial charge in [-0.05, 0) is 26.2 Å². The van der Waals surface area contributed by atoms with Crippen LogP contribution in [0.15, 0.2) is 39.9 Å². The van der Waals surface area contributed by atoms with Gasteiger partial charge in [0.1, 0.15) is 0 Å². The molecule has 1 aromatic carbocycles. The average molecular weight is 395 g/mol. The Morgan fingerprint density at radius 1 is 1.00 bits per heavy atom. The fourth-order valence-corrected chi connectivity index (χ4v) is 4.05. The maximum absolute atomic E-state index is 13.2. The molecule has 0 spiro atoms. The average Bonchev–Trinajstić information content (AvgIpc) is 3.17. The quantitative estimate of drug-likeness (QED) is 0.630. The zero-order valence-electron chi connectivity index (χ0n) is 17.0. The highest BCUT2D eigenvalue weighted by molar-refractivity contribution is 5.99. The number of aryl methyl sites for hydroxylation is 1. The number of ketones is 1. The minimum Gasteiger partial charge on any atom is -0.342 e. The molecule has 3 heterocycles. The summed E-state index contributed by atoms with van der Waals surface area (Å²) >= 11 is 0. The van der Waals surface area contributed by atoms with Gasteiger partial charge >= 0.3 is 5.69 Å². The topological polar surface area (TPSA) is 82.1 Å². The second kappa shape index (κ2) is 7.35. The number of anilines is 1. The second-order valence-corrected chi connectivity index (χ2v) is 7.61. The molecule has 1 aliphatic rings. The minimum atomic E-state index is -0.635. The summed E-state index contributed by atoms with van der Waals surface area (Å²) in [4.78, 5) is 45.5. The molecular formula is C21H25N5O3. The maximum Gasteiger partial charge on any atom is 0.332 e. The first-order valence-corrected chi connectivity index (χ1v) is 9.94. The molecule has 0 radical (unpaired) electrons. The summed E-state index contributed by atoms with van der Waals surface area (Å²) in [5.41, 5.74) is 0.303. The van der Waals surface area contributed by atoms with Gasteiger partial charge in [-0.15, -0.1) is 0 Å². The lowest BCUT2D eigenvalue weighted by molar-refractivity contribution is 0.0937. The van der Waals surface area contributed by atoms with Crippen molar-refractivity contribution in [1.82, 2.24) is 18.7 Å². The molecule has 0 amide bonds. The van der Waals surface area contributed by atoms with Gasteiger partial charge in [0.2, 0.25) is 5.95 Å². The fraction of sp³-hybridized carbons (Fsp3) is 0.429. The van der Waals surface area contributed by atoms with Crippen molar-refractivity contribution >= 4 is 22.9 Å². The van der Waals surface area contributed by atoms with Gasteiger partial charge in [-0.25, -0.2) is 4.79 Å². The van der Waals surface area contributed by atoms with Crippen LogP contribution in [0.3, 0.4) is 0 Å². The summed E-state index contributed by atoms with van der Waals surface area (Å²) in [6, 6.07) is 8.40. The molecule has 8 heteroatoms. The van der Waals surface area contributed by atoms with Gasteiger partial charge in [0, 0.05) is 32.7 Å². The molecule has 0 N–H and O–H groups in total. The van der Waals surface area contributed by atoms with Crippen molar-refractivity contribution in [3.63, 3.8) is 0 Å². The van der Waals surface area contributed by atoms with Gasteiger partial charge in [0.05, 0.1) is 6.04 Å². The first kappa shape index (κ1) is 19.2. The maximum atomic E-state index is 13.2. The van der Waals surface area contributed by atoms with Crippen LogP contribution >= 0.6 is 0 Å². The van der Waals surface area contributed by atoms with E-state index in [1.807, 2.05) is 18.2 Å². The summed E-state index contributed by atoms with van der Waals surface area (Å²) in [6.45, 7) is 3.40. The number of benzene rings is 1. The zero-order valence-corrected chi connectivity index (χ0v) is 17.0. The number of fused-ring (bicyclic) bond motifs is 1. The molecule has 2 aromatic heterocycles. The number of carbonyl (C=O) groups is 1. The molecule has 0 bridgehead atoms. The third-order valence-corrected chi connectivity index (χ3v) is 5.74. The number of aromatic nitrogens is 4. The number of piperidine rings is 1. The zero-order chi connectivity index (χ0) is 20.7. The van der Waals surface area contributed by atoms with E-state index in [1.165, 1.54) is 11.6 Å². The number of carbonyl (C=O) groups excluding carboxylic acids is 1. The lowest BCUT2D eigenvalue weighted by atomic mass is 10.1. The highest BCUT2D eigenvalue weighted by Crippen LogP contribution is 2.28. The Morgan fingerprint density at radius 3 is 2.31 bits per heavy atom. The van der Waals surface area contributed by atoms with Gasteiger partial charge in [-0.1, -0.05) is 30.3 Å². The predicted octanol–water partition coefficient (Wildman–Crippen LogP) is 1.87. The molecule has 1 unspecified atom stereocenters. The van der Waals surface area contributed by atoms with Crippen molar-refractivity contribution in [3.8, 4) is 0 Å².